The molecular formula is C17H17N5O3S. The Balaban J connectivity index is 1.90. The fourth-order valence-corrected chi connectivity index (χ4v) is 3.54. The Morgan fingerprint density at radius 2 is 1.96 bits per heavy atom. The summed E-state index contributed by atoms with van der Waals surface area (Å²) in [4.78, 5) is 10.6. The minimum atomic E-state index is -0.422. The van der Waals surface area contributed by atoms with Crippen LogP contribution in [0.5, 0.6) is 5.75 Å². The number of methoxy groups -OCH3 is 1. The predicted molar refractivity (Wildman–Crippen MR) is 97.8 cm³/mol. The van der Waals surface area contributed by atoms with Gasteiger partial charge >= 0.3 is 0 Å². The number of aromatic nitrogens is 4. The first-order valence-electron chi connectivity index (χ1n) is 7.80. The summed E-state index contributed by atoms with van der Waals surface area (Å²) in [5.74, 6) is 1.03. The Bertz CT molecular complexity index is 937. The highest BCUT2D eigenvalue weighted by Crippen LogP contribution is 2.31. The first kappa shape index (κ1) is 17.9. The van der Waals surface area contributed by atoms with Crippen molar-refractivity contribution in [1.82, 2.24) is 20.2 Å². The van der Waals surface area contributed by atoms with Crippen molar-refractivity contribution in [3.63, 3.8) is 0 Å². The zero-order valence-electron chi connectivity index (χ0n) is 14.5. The van der Waals surface area contributed by atoms with Crippen LogP contribution in [0.15, 0.2) is 41.6 Å². The maximum Gasteiger partial charge on any atom is 0.270 e. The number of aryl methyl sites for hydroxylation is 2. The third-order valence-corrected chi connectivity index (χ3v) is 4.89. The van der Waals surface area contributed by atoms with Gasteiger partial charge in [-0.05, 0) is 41.5 Å². The van der Waals surface area contributed by atoms with Crippen molar-refractivity contribution in [3.8, 4) is 11.4 Å². The third kappa shape index (κ3) is 3.52. The van der Waals surface area contributed by atoms with Crippen LogP contribution >= 0.6 is 11.8 Å². The number of para-hydroxylation sites is 1. The second-order valence-electron chi connectivity index (χ2n) is 5.66. The number of hydrogen-bond acceptors (Lipinski definition) is 7. The maximum absolute atomic E-state index is 11.0. The van der Waals surface area contributed by atoms with Crippen LogP contribution in [0.25, 0.3) is 5.69 Å². The molecule has 134 valence electrons. The second-order valence-corrected chi connectivity index (χ2v) is 6.60. The summed E-state index contributed by atoms with van der Waals surface area (Å²) in [5, 5.41) is 23.6. The van der Waals surface area contributed by atoms with Gasteiger partial charge in [0.25, 0.3) is 5.69 Å². The van der Waals surface area contributed by atoms with Crippen molar-refractivity contribution < 1.29 is 9.66 Å². The van der Waals surface area contributed by atoms with E-state index in [1.165, 1.54) is 31.0 Å². The topological polar surface area (TPSA) is 96.0 Å². The minimum absolute atomic E-state index is 0.0238. The molecule has 0 spiro atoms. The van der Waals surface area contributed by atoms with E-state index in [1.54, 1.807) is 10.7 Å². The van der Waals surface area contributed by atoms with E-state index in [-0.39, 0.29) is 5.69 Å². The molecule has 0 fully saturated rings. The molecule has 0 unspecified atom stereocenters. The van der Waals surface area contributed by atoms with Crippen molar-refractivity contribution in [2.45, 2.75) is 24.8 Å². The van der Waals surface area contributed by atoms with Gasteiger partial charge in [-0.25, -0.2) is 0 Å². The molecule has 0 saturated heterocycles. The molecular weight excluding hydrogens is 354 g/mol. The van der Waals surface area contributed by atoms with E-state index >= 15 is 0 Å². The molecule has 0 aliphatic heterocycles. The Kier molecular flexibility index (Phi) is 5.17. The zero-order valence-corrected chi connectivity index (χ0v) is 15.4. The van der Waals surface area contributed by atoms with Gasteiger partial charge in [0.05, 0.1) is 17.7 Å². The summed E-state index contributed by atoms with van der Waals surface area (Å²) in [7, 11) is 1.54. The normalized spacial score (nSPS) is 10.7. The summed E-state index contributed by atoms with van der Waals surface area (Å²) in [6, 6.07) is 10.5. The molecule has 9 heteroatoms. The average Bonchev–Trinajstić information content (AvgIpc) is 3.07. The SMILES string of the molecule is COc1ccc([N+](=O)[O-])cc1CSc1nnnn1-c1c(C)cccc1C. The molecule has 0 radical (unpaired) electrons. The smallest absolute Gasteiger partial charge is 0.270 e. The van der Waals surface area contributed by atoms with E-state index in [0.717, 1.165) is 16.8 Å². The van der Waals surface area contributed by atoms with Crippen molar-refractivity contribution in [2.24, 2.45) is 0 Å². The van der Waals surface area contributed by atoms with Crippen LogP contribution < -0.4 is 4.74 Å². The largest absolute Gasteiger partial charge is 0.496 e. The van der Waals surface area contributed by atoms with Crippen LogP contribution in [0.2, 0.25) is 0 Å². The van der Waals surface area contributed by atoms with Crippen LogP contribution in [0.3, 0.4) is 0 Å². The minimum Gasteiger partial charge on any atom is -0.496 e. The summed E-state index contributed by atoms with van der Waals surface area (Å²) >= 11 is 1.39. The molecule has 0 bridgehead atoms. The lowest BCUT2D eigenvalue weighted by Gasteiger charge is -2.11. The number of hydrogen-bond donors (Lipinski definition) is 0. The third-order valence-electron chi connectivity index (χ3n) is 3.92. The molecule has 3 aromatic rings. The van der Waals surface area contributed by atoms with Gasteiger partial charge in [0, 0.05) is 23.4 Å². The predicted octanol–water partition coefficient (Wildman–Crippen LogP) is 3.49. The number of thioether (sulfide) groups is 1. The molecule has 0 saturated carbocycles. The van der Waals surface area contributed by atoms with Gasteiger partial charge in [-0.2, -0.15) is 4.68 Å². The molecule has 26 heavy (non-hydrogen) atoms. The fourth-order valence-electron chi connectivity index (χ4n) is 2.68. The second kappa shape index (κ2) is 7.52. The van der Waals surface area contributed by atoms with Gasteiger partial charge in [-0.1, -0.05) is 30.0 Å². The number of rotatable bonds is 6. The Morgan fingerprint density at radius 3 is 2.62 bits per heavy atom. The first-order chi connectivity index (χ1) is 12.5. The Labute approximate surface area is 154 Å². The highest BCUT2D eigenvalue weighted by atomic mass is 32.2. The van der Waals surface area contributed by atoms with E-state index in [9.17, 15) is 10.1 Å². The van der Waals surface area contributed by atoms with E-state index in [2.05, 4.69) is 15.5 Å². The molecule has 1 heterocycles. The number of non-ortho nitro benzene ring substituents is 1. The lowest BCUT2D eigenvalue weighted by molar-refractivity contribution is -0.384. The molecule has 0 N–H and O–H groups in total. The molecule has 3 rings (SSSR count). The molecule has 0 amide bonds. The molecule has 0 atom stereocenters. The van der Waals surface area contributed by atoms with E-state index in [1.807, 2.05) is 32.0 Å². The summed E-state index contributed by atoms with van der Waals surface area (Å²) in [6.45, 7) is 4.00. The highest BCUT2D eigenvalue weighted by molar-refractivity contribution is 7.98. The summed E-state index contributed by atoms with van der Waals surface area (Å²) < 4.78 is 7.00. The Morgan fingerprint density at radius 1 is 1.23 bits per heavy atom. The van der Waals surface area contributed by atoms with Crippen molar-refractivity contribution in [3.05, 3.63) is 63.2 Å². The van der Waals surface area contributed by atoms with E-state index in [4.69, 9.17) is 4.74 Å². The van der Waals surface area contributed by atoms with Crippen molar-refractivity contribution >= 4 is 17.4 Å². The number of nitro groups is 1. The van der Waals surface area contributed by atoms with Gasteiger partial charge in [0.2, 0.25) is 5.16 Å². The average molecular weight is 371 g/mol. The summed E-state index contributed by atoms with van der Waals surface area (Å²) in [5.41, 5.74) is 3.80. The van der Waals surface area contributed by atoms with Crippen LogP contribution in [-0.2, 0) is 5.75 Å². The first-order valence-corrected chi connectivity index (χ1v) is 8.79. The monoisotopic (exact) mass is 371 g/mol. The van der Waals surface area contributed by atoms with Crippen LogP contribution in [-0.4, -0.2) is 32.2 Å². The van der Waals surface area contributed by atoms with E-state index < -0.39 is 4.92 Å². The highest BCUT2D eigenvalue weighted by Gasteiger charge is 2.16. The molecule has 0 aliphatic carbocycles. The lowest BCUT2D eigenvalue weighted by atomic mass is 10.1. The van der Waals surface area contributed by atoms with Crippen LogP contribution in [0.4, 0.5) is 5.69 Å². The van der Waals surface area contributed by atoms with Gasteiger partial charge in [0.1, 0.15) is 5.75 Å². The van der Waals surface area contributed by atoms with Crippen molar-refractivity contribution in [1.29, 1.82) is 0 Å². The molecule has 1 aromatic heterocycles. The van der Waals surface area contributed by atoms with Crippen LogP contribution in [0, 0.1) is 24.0 Å². The van der Waals surface area contributed by atoms with Crippen molar-refractivity contribution in [2.75, 3.05) is 7.11 Å². The number of benzene rings is 2. The number of nitrogens with zero attached hydrogens (tertiary/aromatic N) is 5. The zero-order chi connectivity index (χ0) is 18.7. The molecule has 2 aromatic carbocycles. The lowest BCUT2D eigenvalue weighted by Crippen LogP contribution is -2.04. The number of ether oxygens (including phenoxy) is 1. The quantitative estimate of drug-likeness (QED) is 0.372. The van der Waals surface area contributed by atoms with Gasteiger partial charge < -0.3 is 4.74 Å². The molecule has 0 aliphatic rings. The van der Waals surface area contributed by atoms with Gasteiger partial charge in [-0.3, -0.25) is 10.1 Å². The summed E-state index contributed by atoms with van der Waals surface area (Å²) in [6.07, 6.45) is 0. The Hall–Kier alpha value is -2.94. The standard InChI is InChI=1S/C17H17N5O3S/c1-11-5-4-6-12(2)16(11)21-17(18-19-20-21)26-10-13-9-14(22(23)24)7-8-15(13)25-3/h4-9H,10H2,1-3H3. The van der Waals surface area contributed by atoms with Gasteiger partial charge in [-0.15, -0.1) is 5.10 Å². The van der Waals surface area contributed by atoms with Crippen LogP contribution in [0.1, 0.15) is 16.7 Å². The van der Waals surface area contributed by atoms with Gasteiger partial charge in [0.15, 0.2) is 0 Å². The number of tetrazole rings is 1. The van der Waals surface area contributed by atoms with E-state index in [0.29, 0.717) is 22.2 Å². The maximum atomic E-state index is 11.0. The molecule has 8 nitrogen and oxygen atoms in total. The fraction of sp³-hybridized carbons (Fsp3) is 0.235. The number of nitro benzene ring substituents is 1.